The van der Waals surface area contributed by atoms with Crippen LogP contribution in [0.4, 0.5) is 4.39 Å². The van der Waals surface area contributed by atoms with Gasteiger partial charge in [-0.25, -0.2) is 4.39 Å². The van der Waals surface area contributed by atoms with Crippen LogP contribution in [-0.4, -0.2) is 18.3 Å². The van der Waals surface area contributed by atoms with E-state index >= 15 is 0 Å². The third kappa shape index (κ3) is 3.91. The second kappa shape index (κ2) is 6.61. The Bertz CT molecular complexity index is 315. The molecule has 90 valence electrons. The molecule has 2 N–H and O–H groups in total. The number of hydrogen-bond acceptors (Lipinski definition) is 2. The third-order valence-corrected chi connectivity index (χ3v) is 2.86. The highest BCUT2D eigenvalue weighted by Crippen LogP contribution is 2.10. The number of rotatable bonds is 6. The van der Waals surface area contributed by atoms with Crippen molar-refractivity contribution in [3.05, 3.63) is 35.6 Å². The topological polar surface area (TPSA) is 32.3 Å². The minimum atomic E-state index is -0.180. The van der Waals surface area contributed by atoms with Crippen molar-refractivity contribution in [2.75, 3.05) is 13.2 Å². The maximum atomic E-state index is 13.3. The fraction of sp³-hybridized carbons (Fsp3) is 0.538. The number of aliphatic hydroxyl groups is 1. The Morgan fingerprint density at radius 3 is 2.56 bits per heavy atom. The molecule has 16 heavy (non-hydrogen) atoms. The minimum Gasteiger partial charge on any atom is -0.396 e. The number of benzene rings is 1. The Morgan fingerprint density at radius 1 is 1.31 bits per heavy atom. The summed E-state index contributed by atoms with van der Waals surface area (Å²) in [5, 5.41) is 12.3. The number of nitrogens with one attached hydrogen (secondary N) is 1. The first-order chi connectivity index (χ1) is 7.65. The van der Waals surface area contributed by atoms with Crippen LogP contribution in [0.5, 0.6) is 0 Å². The Morgan fingerprint density at radius 2 is 2.00 bits per heavy atom. The van der Waals surface area contributed by atoms with E-state index in [4.69, 9.17) is 5.11 Å². The molecule has 0 saturated heterocycles. The van der Waals surface area contributed by atoms with Crippen molar-refractivity contribution in [3.8, 4) is 0 Å². The average molecular weight is 225 g/mol. The van der Waals surface area contributed by atoms with Crippen LogP contribution in [0.3, 0.4) is 0 Å². The molecule has 1 rings (SSSR count). The molecule has 3 heteroatoms. The summed E-state index contributed by atoms with van der Waals surface area (Å²) in [6.07, 6.45) is 0. The van der Waals surface area contributed by atoms with E-state index in [-0.39, 0.29) is 18.3 Å². The van der Waals surface area contributed by atoms with Crippen LogP contribution >= 0.6 is 0 Å². The van der Waals surface area contributed by atoms with Gasteiger partial charge in [-0.05, 0) is 17.9 Å². The molecule has 0 fully saturated rings. The second-order valence-corrected chi connectivity index (χ2v) is 4.41. The van der Waals surface area contributed by atoms with Crippen molar-refractivity contribution in [2.45, 2.75) is 20.4 Å². The predicted octanol–water partition coefficient (Wildman–Crippen LogP) is 2.18. The smallest absolute Gasteiger partial charge is 0.127 e. The van der Waals surface area contributed by atoms with Gasteiger partial charge < -0.3 is 10.4 Å². The fourth-order valence-corrected chi connectivity index (χ4v) is 1.55. The van der Waals surface area contributed by atoms with E-state index in [9.17, 15) is 4.39 Å². The first-order valence-electron chi connectivity index (χ1n) is 5.70. The van der Waals surface area contributed by atoms with Gasteiger partial charge in [-0.1, -0.05) is 32.0 Å². The zero-order valence-corrected chi connectivity index (χ0v) is 9.91. The summed E-state index contributed by atoms with van der Waals surface area (Å²) in [6, 6.07) is 6.74. The average Bonchev–Trinajstić information content (AvgIpc) is 2.26. The molecule has 0 spiro atoms. The van der Waals surface area contributed by atoms with Crippen molar-refractivity contribution < 1.29 is 9.50 Å². The van der Waals surface area contributed by atoms with Gasteiger partial charge in [0.15, 0.2) is 0 Å². The highest BCUT2D eigenvalue weighted by atomic mass is 19.1. The summed E-state index contributed by atoms with van der Waals surface area (Å²) < 4.78 is 13.3. The normalized spacial score (nSPS) is 13.1. The molecule has 1 unspecified atom stereocenters. The molecular weight excluding hydrogens is 205 g/mol. The molecule has 1 atom stereocenters. The van der Waals surface area contributed by atoms with Crippen molar-refractivity contribution >= 4 is 0 Å². The Balaban J connectivity index is 2.38. The van der Waals surface area contributed by atoms with Crippen LogP contribution < -0.4 is 5.32 Å². The molecule has 1 aromatic carbocycles. The first kappa shape index (κ1) is 13.1. The van der Waals surface area contributed by atoms with Crippen LogP contribution in [0, 0.1) is 17.7 Å². The summed E-state index contributed by atoms with van der Waals surface area (Å²) in [5.74, 6) is 0.477. The van der Waals surface area contributed by atoms with Gasteiger partial charge in [0.05, 0.1) is 0 Å². The number of halogens is 1. The van der Waals surface area contributed by atoms with Gasteiger partial charge in [0.1, 0.15) is 5.82 Å². The van der Waals surface area contributed by atoms with Crippen molar-refractivity contribution in [1.29, 1.82) is 0 Å². The van der Waals surface area contributed by atoms with E-state index in [0.29, 0.717) is 24.6 Å². The molecular formula is C13H20FNO. The third-order valence-electron chi connectivity index (χ3n) is 2.86. The quantitative estimate of drug-likeness (QED) is 0.777. The maximum Gasteiger partial charge on any atom is 0.127 e. The van der Waals surface area contributed by atoms with Gasteiger partial charge in [-0.2, -0.15) is 0 Å². The summed E-state index contributed by atoms with van der Waals surface area (Å²) in [5.41, 5.74) is 0.669. The van der Waals surface area contributed by atoms with Crippen LogP contribution in [-0.2, 0) is 6.54 Å². The molecule has 0 bridgehead atoms. The van der Waals surface area contributed by atoms with E-state index in [1.165, 1.54) is 6.07 Å². The van der Waals surface area contributed by atoms with E-state index < -0.39 is 0 Å². The zero-order chi connectivity index (χ0) is 12.0. The van der Waals surface area contributed by atoms with Gasteiger partial charge >= 0.3 is 0 Å². The molecule has 0 saturated carbocycles. The van der Waals surface area contributed by atoms with E-state index in [0.717, 1.165) is 0 Å². The lowest BCUT2D eigenvalue weighted by Gasteiger charge is -2.18. The Kier molecular flexibility index (Phi) is 5.43. The lowest BCUT2D eigenvalue weighted by atomic mass is 9.97. The van der Waals surface area contributed by atoms with Crippen LogP contribution in [0.2, 0.25) is 0 Å². The summed E-state index contributed by atoms with van der Waals surface area (Å²) in [7, 11) is 0. The van der Waals surface area contributed by atoms with Gasteiger partial charge in [-0.3, -0.25) is 0 Å². The number of aliphatic hydroxyl groups excluding tert-OH is 1. The van der Waals surface area contributed by atoms with Gasteiger partial charge in [0, 0.05) is 25.3 Å². The summed E-state index contributed by atoms with van der Waals surface area (Å²) in [4.78, 5) is 0. The van der Waals surface area contributed by atoms with E-state index in [1.807, 2.05) is 6.07 Å². The lowest BCUT2D eigenvalue weighted by Crippen LogP contribution is -2.28. The van der Waals surface area contributed by atoms with E-state index in [1.54, 1.807) is 12.1 Å². The SMILES string of the molecule is CC(C)C(CO)CNCc1ccccc1F. The molecule has 0 aliphatic carbocycles. The molecule has 0 aliphatic heterocycles. The Labute approximate surface area is 96.5 Å². The standard InChI is InChI=1S/C13H20FNO/c1-10(2)12(9-16)8-15-7-11-5-3-4-6-13(11)14/h3-6,10,12,15-16H,7-9H2,1-2H3. The predicted molar refractivity (Wildman–Crippen MR) is 63.5 cm³/mol. The van der Waals surface area contributed by atoms with Gasteiger partial charge in [0.2, 0.25) is 0 Å². The molecule has 0 heterocycles. The van der Waals surface area contributed by atoms with Crippen LogP contribution in [0.15, 0.2) is 24.3 Å². The second-order valence-electron chi connectivity index (χ2n) is 4.41. The molecule has 0 radical (unpaired) electrons. The first-order valence-corrected chi connectivity index (χ1v) is 5.70. The van der Waals surface area contributed by atoms with Crippen LogP contribution in [0.1, 0.15) is 19.4 Å². The van der Waals surface area contributed by atoms with Crippen molar-refractivity contribution in [3.63, 3.8) is 0 Å². The minimum absolute atomic E-state index is 0.169. The Hall–Kier alpha value is -0.930. The zero-order valence-electron chi connectivity index (χ0n) is 9.91. The molecule has 0 aliphatic rings. The largest absolute Gasteiger partial charge is 0.396 e. The molecule has 0 amide bonds. The van der Waals surface area contributed by atoms with Gasteiger partial charge in [-0.15, -0.1) is 0 Å². The van der Waals surface area contributed by atoms with E-state index in [2.05, 4.69) is 19.2 Å². The fourth-order valence-electron chi connectivity index (χ4n) is 1.55. The highest BCUT2D eigenvalue weighted by Gasteiger charge is 2.11. The molecule has 2 nitrogen and oxygen atoms in total. The summed E-state index contributed by atoms with van der Waals surface area (Å²) >= 11 is 0. The summed E-state index contributed by atoms with van der Waals surface area (Å²) in [6.45, 7) is 5.54. The maximum absolute atomic E-state index is 13.3. The monoisotopic (exact) mass is 225 g/mol. The van der Waals surface area contributed by atoms with Crippen LogP contribution in [0.25, 0.3) is 0 Å². The number of hydrogen-bond donors (Lipinski definition) is 2. The van der Waals surface area contributed by atoms with Crippen molar-refractivity contribution in [2.24, 2.45) is 11.8 Å². The molecule has 1 aromatic rings. The van der Waals surface area contributed by atoms with Gasteiger partial charge in [0.25, 0.3) is 0 Å². The highest BCUT2D eigenvalue weighted by molar-refractivity contribution is 5.16. The van der Waals surface area contributed by atoms with Crippen molar-refractivity contribution in [1.82, 2.24) is 5.32 Å². The lowest BCUT2D eigenvalue weighted by molar-refractivity contribution is 0.186. The molecule has 0 aromatic heterocycles.